The first-order valence-electron chi connectivity index (χ1n) is 11.6. The average molecular weight is 508 g/mol. The molecule has 2 heterocycles. The Morgan fingerprint density at radius 3 is 2.53 bits per heavy atom. The zero-order chi connectivity index (χ0) is 26.7. The molecule has 3 rings (SSSR count). The summed E-state index contributed by atoms with van der Waals surface area (Å²) in [5, 5.41) is 8.63. The fourth-order valence-corrected chi connectivity index (χ4v) is 4.01. The maximum absolute atomic E-state index is 13.2. The molecule has 1 aliphatic rings. The molecular formula is C26H32F3N3O4. The van der Waals surface area contributed by atoms with Gasteiger partial charge in [0.1, 0.15) is 11.4 Å². The Balaban J connectivity index is 1.83. The topological polar surface area (TPSA) is 73.8 Å². The lowest BCUT2D eigenvalue weighted by Gasteiger charge is -2.34. The van der Waals surface area contributed by atoms with Crippen molar-refractivity contribution in [2.75, 3.05) is 27.0 Å². The monoisotopic (exact) mass is 507 g/mol. The number of halogens is 3. The number of carbonyl (C=O) groups excluding carboxylic acids is 1. The number of hydrogen-bond acceptors (Lipinski definition) is 6. The van der Waals surface area contributed by atoms with Crippen molar-refractivity contribution in [1.82, 2.24) is 15.1 Å². The molecule has 196 valence electrons. The number of hydrogen-bond donors (Lipinski definition) is 0. The van der Waals surface area contributed by atoms with Gasteiger partial charge in [-0.05, 0) is 75.9 Å². The number of alkyl halides is 3. The van der Waals surface area contributed by atoms with E-state index in [1.54, 1.807) is 17.9 Å². The zero-order valence-corrected chi connectivity index (χ0v) is 21.2. The fourth-order valence-electron chi connectivity index (χ4n) is 4.01. The minimum Gasteiger partial charge on any atom is -0.467 e. The van der Waals surface area contributed by atoms with Gasteiger partial charge in [0.2, 0.25) is 0 Å². The number of aromatic nitrogens is 2. The summed E-state index contributed by atoms with van der Waals surface area (Å²) >= 11 is 0. The first-order chi connectivity index (χ1) is 16.8. The number of nitrogens with zero attached hydrogens (tertiary/aromatic N) is 3. The molecule has 1 unspecified atom stereocenters. The summed E-state index contributed by atoms with van der Waals surface area (Å²) in [6, 6.07) is 5.03. The van der Waals surface area contributed by atoms with Crippen LogP contribution in [0.3, 0.4) is 0 Å². The van der Waals surface area contributed by atoms with Gasteiger partial charge in [0.15, 0.2) is 6.79 Å². The van der Waals surface area contributed by atoms with Crippen molar-refractivity contribution in [3.05, 3.63) is 47.7 Å². The maximum Gasteiger partial charge on any atom is 0.416 e. The molecule has 1 amide bonds. The van der Waals surface area contributed by atoms with Gasteiger partial charge in [-0.2, -0.15) is 18.3 Å². The molecule has 1 aromatic carbocycles. The van der Waals surface area contributed by atoms with Crippen molar-refractivity contribution in [2.24, 2.45) is 5.92 Å². The van der Waals surface area contributed by atoms with Gasteiger partial charge in [0.25, 0.3) is 0 Å². The van der Waals surface area contributed by atoms with E-state index in [1.807, 2.05) is 20.8 Å². The maximum atomic E-state index is 13.2. The van der Waals surface area contributed by atoms with Gasteiger partial charge in [0.05, 0.1) is 17.0 Å². The van der Waals surface area contributed by atoms with E-state index >= 15 is 0 Å². The molecule has 1 saturated heterocycles. The van der Waals surface area contributed by atoms with Crippen molar-refractivity contribution in [3.8, 4) is 17.0 Å². The Morgan fingerprint density at radius 1 is 1.19 bits per heavy atom. The number of rotatable bonds is 6. The fraction of sp³-hybridized carbons (Fsp3) is 0.500. The van der Waals surface area contributed by atoms with Crippen molar-refractivity contribution in [3.63, 3.8) is 0 Å². The van der Waals surface area contributed by atoms with Gasteiger partial charge in [0, 0.05) is 31.7 Å². The van der Waals surface area contributed by atoms with Gasteiger partial charge >= 0.3 is 12.3 Å². The molecule has 0 aliphatic carbocycles. The second-order valence-corrected chi connectivity index (χ2v) is 9.81. The number of piperidine rings is 1. The highest BCUT2D eigenvalue weighted by Crippen LogP contribution is 2.38. The lowest BCUT2D eigenvalue weighted by Crippen LogP contribution is -2.43. The predicted molar refractivity (Wildman–Crippen MR) is 129 cm³/mol. The number of aryl methyl sites for hydroxylation is 1. The lowest BCUT2D eigenvalue weighted by molar-refractivity contribution is -0.137. The molecule has 7 nitrogen and oxygen atoms in total. The van der Waals surface area contributed by atoms with Crippen LogP contribution in [0.4, 0.5) is 18.0 Å². The Hall–Kier alpha value is -3.14. The van der Waals surface area contributed by atoms with Crippen LogP contribution in [0.25, 0.3) is 16.8 Å². The van der Waals surface area contributed by atoms with Gasteiger partial charge < -0.3 is 19.1 Å². The van der Waals surface area contributed by atoms with Crippen molar-refractivity contribution in [2.45, 2.75) is 52.3 Å². The number of likely N-dealkylation sites (tertiary alicyclic amines) is 1. The number of amides is 1. The molecule has 1 aromatic heterocycles. The second-order valence-electron chi connectivity index (χ2n) is 9.81. The summed E-state index contributed by atoms with van der Waals surface area (Å²) < 4.78 is 55.5. The third-order valence-corrected chi connectivity index (χ3v) is 5.78. The zero-order valence-electron chi connectivity index (χ0n) is 21.2. The minimum absolute atomic E-state index is 0.00376. The molecule has 2 aromatic rings. The molecule has 36 heavy (non-hydrogen) atoms. The van der Waals surface area contributed by atoms with E-state index in [0.29, 0.717) is 35.6 Å². The number of carbonyl (C=O) groups is 1. The molecule has 0 radical (unpaired) electrons. The van der Waals surface area contributed by atoms with E-state index in [0.717, 1.165) is 30.5 Å². The molecule has 10 heteroatoms. The summed E-state index contributed by atoms with van der Waals surface area (Å²) in [6.07, 6.45) is -3.23. The highest BCUT2D eigenvalue weighted by molar-refractivity contribution is 5.73. The van der Waals surface area contributed by atoms with Crippen molar-refractivity contribution in [1.29, 1.82) is 0 Å². The summed E-state index contributed by atoms with van der Waals surface area (Å²) in [6.45, 7) is 12.3. The standard InChI is InChI=1S/C26H32F3N3O4/c1-16-12-21(17(2)18-8-7-11-32(14-18)24(33)36-25(3,4)5)30-31-23(16)20-10-9-19(26(27,28)29)13-22(20)35-15-34-6/h9-10,12-13,18H,2,7-8,11,14-15H2,1,3-6H3. The number of methoxy groups -OCH3 is 1. The van der Waals surface area contributed by atoms with Gasteiger partial charge in [-0.15, -0.1) is 5.10 Å². The van der Waals surface area contributed by atoms with E-state index in [2.05, 4.69) is 16.8 Å². The van der Waals surface area contributed by atoms with Crippen LogP contribution in [0.15, 0.2) is 30.8 Å². The third kappa shape index (κ3) is 6.75. The predicted octanol–water partition coefficient (Wildman–Crippen LogP) is 6.11. The van der Waals surface area contributed by atoms with E-state index in [4.69, 9.17) is 14.2 Å². The Kier molecular flexibility index (Phi) is 8.28. The van der Waals surface area contributed by atoms with Crippen LogP contribution in [0.1, 0.15) is 50.4 Å². The summed E-state index contributed by atoms with van der Waals surface area (Å²) in [7, 11) is 1.38. The Bertz CT molecular complexity index is 1110. The van der Waals surface area contributed by atoms with Gasteiger partial charge in [-0.1, -0.05) is 6.58 Å². The van der Waals surface area contributed by atoms with Gasteiger partial charge in [-0.25, -0.2) is 4.79 Å². The molecule has 0 spiro atoms. The molecule has 1 fully saturated rings. The van der Waals surface area contributed by atoms with Crippen LogP contribution in [0.2, 0.25) is 0 Å². The van der Waals surface area contributed by atoms with E-state index in [9.17, 15) is 18.0 Å². The lowest BCUT2D eigenvalue weighted by atomic mass is 9.89. The molecule has 0 bridgehead atoms. The SMILES string of the molecule is C=C(c1cc(C)c(-c2ccc(C(F)(F)F)cc2OCOC)nn1)C1CCCN(C(=O)OC(C)(C)C)C1. The smallest absolute Gasteiger partial charge is 0.416 e. The largest absolute Gasteiger partial charge is 0.467 e. The first-order valence-corrected chi connectivity index (χ1v) is 11.6. The van der Waals surface area contributed by atoms with Crippen LogP contribution in [0.5, 0.6) is 5.75 Å². The van der Waals surface area contributed by atoms with Crippen LogP contribution in [0, 0.1) is 12.8 Å². The van der Waals surface area contributed by atoms with Crippen LogP contribution in [-0.4, -0.2) is 53.8 Å². The molecule has 1 aliphatic heterocycles. The first kappa shape index (κ1) is 27.4. The summed E-state index contributed by atoms with van der Waals surface area (Å²) in [5.41, 5.74) is 1.36. The van der Waals surface area contributed by atoms with Crippen molar-refractivity contribution >= 4 is 11.7 Å². The summed E-state index contributed by atoms with van der Waals surface area (Å²) in [4.78, 5) is 14.2. The Morgan fingerprint density at radius 2 is 1.92 bits per heavy atom. The van der Waals surface area contributed by atoms with Crippen LogP contribution < -0.4 is 4.74 Å². The van der Waals surface area contributed by atoms with Gasteiger partial charge in [-0.3, -0.25) is 0 Å². The minimum atomic E-state index is -4.51. The average Bonchev–Trinajstić information content (AvgIpc) is 2.80. The highest BCUT2D eigenvalue weighted by atomic mass is 19.4. The number of benzene rings is 1. The summed E-state index contributed by atoms with van der Waals surface area (Å²) in [5.74, 6) is -0.0200. The highest BCUT2D eigenvalue weighted by Gasteiger charge is 2.32. The van der Waals surface area contributed by atoms with Crippen molar-refractivity contribution < 1.29 is 32.2 Å². The Labute approximate surface area is 209 Å². The quantitative estimate of drug-likeness (QED) is 0.439. The number of ether oxygens (including phenoxy) is 3. The second kappa shape index (κ2) is 10.9. The van der Waals surface area contributed by atoms with E-state index in [-0.39, 0.29) is 24.6 Å². The van der Waals surface area contributed by atoms with E-state index in [1.165, 1.54) is 13.2 Å². The van der Waals surface area contributed by atoms with Crippen LogP contribution >= 0.6 is 0 Å². The molecular weight excluding hydrogens is 475 g/mol. The molecule has 0 N–H and O–H groups in total. The normalized spacial score (nSPS) is 16.6. The third-order valence-electron chi connectivity index (χ3n) is 5.78. The molecule has 1 atom stereocenters. The van der Waals surface area contributed by atoms with E-state index < -0.39 is 17.3 Å². The molecule has 0 saturated carbocycles. The van der Waals surface area contributed by atoms with Crippen LogP contribution in [-0.2, 0) is 15.7 Å².